The summed E-state index contributed by atoms with van der Waals surface area (Å²) in [4.78, 5) is 15.2. The number of hydrogen-bond acceptors (Lipinski definition) is 3. The van der Waals surface area contributed by atoms with Gasteiger partial charge in [0.2, 0.25) is 0 Å². The van der Waals surface area contributed by atoms with Gasteiger partial charge in [0.05, 0.1) is 0 Å². The van der Waals surface area contributed by atoms with E-state index >= 15 is 0 Å². The van der Waals surface area contributed by atoms with Crippen molar-refractivity contribution in [1.82, 2.24) is 15.0 Å². The SMILES string of the molecule is CC(C)(C)c1nc(-c2ccccc2-c2ccccc2)nc(-c2ccc(-c3ccccc3)cc2-c2ccccc2)n1. The Morgan fingerprint density at radius 2 is 0.825 bits per heavy atom. The maximum absolute atomic E-state index is 5.14. The van der Waals surface area contributed by atoms with Gasteiger partial charge in [0.25, 0.3) is 0 Å². The Morgan fingerprint density at radius 1 is 0.375 bits per heavy atom. The van der Waals surface area contributed by atoms with Gasteiger partial charge < -0.3 is 0 Å². The average molecular weight is 518 g/mol. The lowest BCUT2D eigenvalue weighted by Crippen LogP contribution is -2.18. The summed E-state index contributed by atoms with van der Waals surface area (Å²) in [6.07, 6.45) is 0. The van der Waals surface area contributed by atoms with E-state index in [1.54, 1.807) is 0 Å². The van der Waals surface area contributed by atoms with E-state index < -0.39 is 0 Å². The lowest BCUT2D eigenvalue weighted by atomic mass is 9.93. The van der Waals surface area contributed by atoms with Gasteiger partial charge in [0.1, 0.15) is 5.82 Å². The van der Waals surface area contributed by atoms with Crippen LogP contribution in [0.4, 0.5) is 0 Å². The van der Waals surface area contributed by atoms with E-state index in [1.807, 2.05) is 24.3 Å². The third-order valence-corrected chi connectivity index (χ3v) is 7.01. The summed E-state index contributed by atoms with van der Waals surface area (Å²) in [5.41, 5.74) is 8.50. The topological polar surface area (TPSA) is 38.7 Å². The molecule has 0 aliphatic heterocycles. The van der Waals surface area contributed by atoms with Crippen molar-refractivity contribution in [2.75, 3.05) is 0 Å². The first-order valence-corrected chi connectivity index (χ1v) is 13.6. The standard InChI is InChI=1S/C37H31N3/c1-37(2,3)36-39-34(31-22-14-13-21-30(31)27-17-9-5-10-18-27)38-35(40-36)32-24-23-29(26-15-7-4-8-16-26)25-33(32)28-19-11-6-12-20-28/h4-25H,1-3H3. The number of nitrogens with zero attached hydrogens (tertiary/aromatic N) is 3. The maximum Gasteiger partial charge on any atom is 0.164 e. The summed E-state index contributed by atoms with van der Waals surface area (Å²) >= 11 is 0. The fourth-order valence-corrected chi connectivity index (χ4v) is 4.91. The molecule has 0 saturated heterocycles. The number of benzene rings is 5. The largest absolute Gasteiger partial charge is 0.212 e. The second kappa shape index (κ2) is 10.7. The zero-order valence-corrected chi connectivity index (χ0v) is 23.0. The highest BCUT2D eigenvalue weighted by Crippen LogP contribution is 2.37. The highest BCUT2D eigenvalue weighted by Gasteiger charge is 2.23. The van der Waals surface area contributed by atoms with Crippen molar-refractivity contribution in [2.45, 2.75) is 26.2 Å². The van der Waals surface area contributed by atoms with Crippen molar-refractivity contribution < 1.29 is 0 Å². The average Bonchev–Trinajstić information content (AvgIpc) is 3.01. The van der Waals surface area contributed by atoms with Crippen LogP contribution in [0.5, 0.6) is 0 Å². The third kappa shape index (κ3) is 5.19. The van der Waals surface area contributed by atoms with Crippen molar-refractivity contribution in [3.63, 3.8) is 0 Å². The van der Waals surface area contributed by atoms with Gasteiger partial charge in [-0.1, -0.05) is 142 Å². The Balaban J connectivity index is 1.59. The van der Waals surface area contributed by atoms with E-state index in [1.165, 1.54) is 5.56 Å². The zero-order valence-electron chi connectivity index (χ0n) is 23.0. The number of rotatable bonds is 5. The maximum atomic E-state index is 5.14. The molecule has 0 aliphatic rings. The molecule has 0 fully saturated rings. The van der Waals surface area contributed by atoms with Crippen LogP contribution in [0.15, 0.2) is 133 Å². The molecule has 1 aromatic heterocycles. The highest BCUT2D eigenvalue weighted by atomic mass is 15.0. The van der Waals surface area contributed by atoms with Crippen molar-refractivity contribution in [3.8, 4) is 56.2 Å². The second-order valence-corrected chi connectivity index (χ2v) is 11.0. The zero-order chi connectivity index (χ0) is 27.5. The molecule has 0 saturated carbocycles. The van der Waals surface area contributed by atoms with Gasteiger partial charge in [0.15, 0.2) is 11.6 Å². The summed E-state index contributed by atoms with van der Waals surface area (Å²) in [6, 6.07) is 46.3. The van der Waals surface area contributed by atoms with Gasteiger partial charge in [-0.25, -0.2) is 15.0 Å². The second-order valence-electron chi connectivity index (χ2n) is 11.0. The first kappa shape index (κ1) is 25.4. The van der Waals surface area contributed by atoms with Gasteiger partial charge in [-0.05, 0) is 45.5 Å². The lowest BCUT2D eigenvalue weighted by molar-refractivity contribution is 0.543. The van der Waals surface area contributed by atoms with Crippen LogP contribution in [0.2, 0.25) is 0 Å². The molecule has 0 aliphatic carbocycles. The Hall–Kier alpha value is -4.89. The minimum Gasteiger partial charge on any atom is -0.212 e. The first-order chi connectivity index (χ1) is 19.5. The molecule has 0 amide bonds. The summed E-state index contributed by atoms with van der Waals surface area (Å²) in [5, 5.41) is 0. The Labute approximate surface area is 236 Å². The molecule has 194 valence electrons. The van der Waals surface area contributed by atoms with Crippen molar-refractivity contribution in [1.29, 1.82) is 0 Å². The Kier molecular flexibility index (Phi) is 6.79. The van der Waals surface area contributed by atoms with Crippen molar-refractivity contribution in [3.05, 3.63) is 139 Å². The quantitative estimate of drug-likeness (QED) is 0.229. The minimum absolute atomic E-state index is 0.259. The predicted octanol–water partition coefficient (Wildman–Crippen LogP) is 9.50. The third-order valence-electron chi connectivity index (χ3n) is 7.01. The molecule has 0 spiro atoms. The Bertz CT molecular complexity index is 1750. The minimum atomic E-state index is -0.259. The summed E-state index contributed by atoms with van der Waals surface area (Å²) in [6.45, 7) is 6.45. The molecule has 5 aromatic carbocycles. The van der Waals surface area contributed by atoms with Crippen LogP contribution in [0.25, 0.3) is 56.2 Å². The number of aromatic nitrogens is 3. The molecule has 0 radical (unpaired) electrons. The van der Waals surface area contributed by atoms with Crippen LogP contribution in [-0.2, 0) is 5.41 Å². The normalized spacial score (nSPS) is 11.4. The molecular formula is C37H31N3. The van der Waals surface area contributed by atoms with E-state index in [-0.39, 0.29) is 5.41 Å². The predicted molar refractivity (Wildman–Crippen MR) is 166 cm³/mol. The molecule has 0 atom stereocenters. The van der Waals surface area contributed by atoms with Crippen LogP contribution >= 0.6 is 0 Å². The van der Waals surface area contributed by atoms with Crippen LogP contribution < -0.4 is 0 Å². The molecule has 0 bridgehead atoms. The van der Waals surface area contributed by atoms with Crippen LogP contribution in [0, 0.1) is 0 Å². The van der Waals surface area contributed by atoms with Gasteiger partial charge in [0, 0.05) is 16.5 Å². The highest BCUT2D eigenvalue weighted by molar-refractivity contribution is 5.86. The van der Waals surface area contributed by atoms with E-state index in [9.17, 15) is 0 Å². The molecule has 3 nitrogen and oxygen atoms in total. The monoisotopic (exact) mass is 517 g/mol. The fraction of sp³-hybridized carbons (Fsp3) is 0.108. The molecular weight excluding hydrogens is 486 g/mol. The van der Waals surface area contributed by atoms with Crippen LogP contribution in [-0.4, -0.2) is 15.0 Å². The molecule has 40 heavy (non-hydrogen) atoms. The molecule has 0 N–H and O–H groups in total. The van der Waals surface area contributed by atoms with Crippen LogP contribution in [0.3, 0.4) is 0 Å². The number of hydrogen-bond donors (Lipinski definition) is 0. The molecule has 6 aromatic rings. The molecule has 6 rings (SSSR count). The van der Waals surface area contributed by atoms with Gasteiger partial charge >= 0.3 is 0 Å². The van der Waals surface area contributed by atoms with Gasteiger partial charge in [-0.3, -0.25) is 0 Å². The van der Waals surface area contributed by atoms with Gasteiger partial charge in [-0.2, -0.15) is 0 Å². The van der Waals surface area contributed by atoms with Gasteiger partial charge in [-0.15, -0.1) is 0 Å². The van der Waals surface area contributed by atoms with E-state index in [0.29, 0.717) is 11.6 Å². The molecule has 3 heteroatoms. The summed E-state index contributed by atoms with van der Waals surface area (Å²) < 4.78 is 0. The van der Waals surface area contributed by atoms with E-state index in [0.717, 1.165) is 44.8 Å². The van der Waals surface area contributed by atoms with E-state index in [4.69, 9.17) is 15.0 Å². The fourth-order valence-electron chi connectivity index (χ4n) is 4.91. The Morgan fingerprint density at radius 3 is 1.38 bits per heavy atom. The molecule has 1 heterocycles. The van der Waals surface area contributed by atoms with Crippen molar-refractivity contribution in [2.24, 2.45) is 0 Å². The summed E-state index contributed by atoms with van der Waals surface area (Å²) in [7, 11) is 0. The smallest absolute Gasteiger partial charge is 0.164 e. The first-order valence-electron chi connectivity index (χ1n) is 13.6. The van der Waals surface area contributed by atoms with E-state index in [2.05, 4.69) is 130 Å². The van der Waals surface area contributed by atoms with Crippen LogP contribution in [0.1, 0.15) is 26.6 Å². The van der Waals surface area contributed by atoms with Crippen molar-refractivity contribution >= 4 is 0 Å². The summed E-state index contributed by atoms with van der Waals surface area (Å²) in [5.74, 6) is 2.12. The molecule has 0 unspecified atom stereocenters. The lowest BCUT2D eigenvalue weighted by Gasteiger charge is -2.20.